The minimum absolute atomic E-state index is 0.0761. The number of carbonyl (C=O) groups excluding carboxylic acids is 1. The number of benzene rings is 2. The highest BCUT2D eigenvalue weighted by Crippen LogP contribution is 2.26. The third kappa shape index (κ3) is 4.12. The smallest absolute Gasteiger partial charge is 0.259 e. The molecule has 2 heterocycles. The normalized spacial score (nSPS) is 10.6. The molecule has 2 aromatic carbocycles. The summed E-state index contributed by atoms with van der Waals surface area (Å²) in [4.78, 5) is 25.9. The van der Waals surface area contributed by atoms with Gasteiger partial charge in [0.1, 0.15) is 5.82 Å². The van der Waals surface area contributed by atoms with Gasteiger partial charge in [-0.15, -0.1) is 0 Å². The Labute approximate surface area is 171 Å². The molecule has 29 heavy (non-hydrogen) atoms. The zero-order valence-electron chi connectivity index (χ0n) is 15.0. The van der Waals surface area contributed by atoms with Crippen LogP contribution >= 0.6 is 11.6 Å². The SMILES string of the molecule is O=C(Nc1ccc(F)c(Cl)c1)c1cnc(-c2ccccc2)nc1-c1ccncc1. The first-order valence-electron chi connectivity index (χ1n) is 8.71. The van der Waals surface area contributed by atoms with Gasteiger partial charge in [0.15, 0.2) is 5.82 Å². The van der Waals surface area contributed by atoms with Gasteiger partial charge in [-0.2, -0.15) is 0 Å². The zero-order valence-corrected chi connectivity index (χ0v) is 15.8. The molecule has 7 heteroatoms. The molecule has 0 unspecified atom stereocenters. The first-order valence-corrected chi connectivity index (χ1v) is 9.09. The summed E-state index contributed by atoms with van der Waals surface area (Å²) in [5.41, 5.74) is 2.67. The predicted molar refractivity (Wildman–Crippen MR) is 110 cm³/mol. The lowest BCUT2D eigenvalue weighted by atomic mass is 10.1. The van der Waals surface area contributed by atoms with Crippen molar-refractivity contribution in [1.82, 2.24) is 15.0 Å². The number of carbonyl (C=O) groups is 1. The highest BCUT2D eigenvalue weighted by atomic mass is 35.5. The van der Waals surface area contributed by atoms with Crippen LogP contribution in [-0.4, -0.2) is 20.9 Å². The van der Waals surface area contributed by atoms with Crippen LogP contribution < -0.4 is 5.32 Å². The Hall–Kier alpha value is -3.64. The highest BCUT2D eigenvalue weighted by Gasteiger charge is 2.17. The first kappa shape index (κ1) is 18.7. The van der Waals surface area contributed by atoms with Crippen LogP contribution in [0.25, 0.3) is 22.6 Å². The topological polar surface area (TPSA) is 67.8 Å². The number of nitrogens with one attached hydrogen (secondary N) is 1. The molecule has 142 valence electrons. The summed E-state index contributed by atoms with van der Waals surface area (Å²) >= 11 is 5.80. The Morgan fingerprint density at radius 2 is 1.72 bits per heavy atom. The van der Waals surface area contributed by atoms with Gasteiger partial charge in [0.05, 0.1) is 16.3 Å². The van der Waals surface area contributed by atoms with Gasteiger partial charge in [0.2, 0.25) is 0 Å². The Kier molecular flexibility index (Phi) is 5.27. The molecular weight excluding hydrogens is 391 g/mol. The third-order valence-electron chi connectivity index (χ3n) is 4.20. The number of amides is 1. The molecule has 0 aliphatic rings. The van der Waals surface area contributed by atoms with Gasteiger partial charge in [-0.25, -0.2) is 14.4 Å². The van der Waals surface area contributed by atoms with E-state index in [1.54, 1.807) is 24.5 Å². The van der Waals surface area contributed by atoms with E-state index in [0.29, 0.717) is 17.2 Å². The zero-order chi connectivity index (χ0) is 20.2. The van der Waals surface area contributed by atoms with Crippen molar-refractivity contribution in [3.63, 3.8) is 0 Å². The molecule has 1 N–H and O–H groups in total. The van der Waals surface area contributed by atoms with Crippen molar-refractivity contribution < 1.29 is 9.18 Å². The van der Waals surface area contributed by atoms with Gasteiger partial charge in [0, 0.05) is 35.4 Å². The number of hydrogen-bond acceptors (Lipinski definition) is 4. The van der Waals surface area contributed by atoms with E-state index in [1.807, 2.05) is 30.3 Å². The number of aromatic nitrogens is 3. The second kappa shape index (κ2) is 8.16. The van der Waals surface area contributed by atoms with Crippen LogP contribution in [-0.2, 0) is 0 Å². The van der Waals surface area contributed by atoms with Crippen LogP contribution in [0.3, 0.4) is 0 Å². The fourth-order valence-electron chi connectivity index (χ4n) is 2.78. The molecule has 2 aromatic heterocycles. The van der Waals surface area contributed by atoms with Crippen molar-refractivity contribution in [3.05, 3.63) is 95.7 Å². The van der Waals surface area contributed by atoms with Crippen LogP contribution in [0.2, 0.25) is 5.02 Å². The molecule has 0 fully saturated rings. The predicted octanol–water partition coefficient (Wildman–Crippen LogP) is 5.25. The van der Waals surface area contributed by atoms with Gasteiger partial charge in [-0.3, -0.25) is 9.78 Å². The molecule has 0 aliphatic carbocycles. The maximum Gasteiger partial charge on any atom is 0.259 e. The van der Waals surface area contributed by atoms with Crippen molar-refractivity contribution in [3.8, 4) is 22.6 Å². The van der Waals surface area contributed by atoms with Crippen LogP contribution in [0, 0.1) is 5.82 Å². The molecule has 0 saturated carbocycles. The average Bonchev–Trinajstić information content (AvgIpc) is 2.77. The highest BCUT2D eigenvalue weighted by molar-refractivity contribution is 6.31. The molecule has 4 rings (SSSR count). The molecule has 1 amide bonds. The van der Waals surface area contributed by atoms with Crippen molar-refractivity contribution in [2.45, 2.75) is 0 Å². The molecule has 0 bridgehead atoms. The van der Waals surface area contributed by atoms with Gasteiger partial charge in [-0.05, 0) is 30.3 Å². The quantitative estimate of drug-likeness (QED) is 0.504. The molecule has 5 nitrogen and oxygen atoms in total. The van der Waals surface area contributed by atoms with Crippen molar-refractivity contribution in [2.24, 2.45) is 0 Å². The van der Waals surface area contributed by atoms with Crippen LogP contribution in [0.5, 0.6) is 0 Å². The van der Waals surface area contributed by atoms with E-state index < -0.39 is 11.7 Å². The lowest BCUT2D eigenvalue weighted by Gasteiger charge is -2.11. The molecule has 0 spiro atoms. The lowest BCUT2D eigenvalue weighted by molar-refractivity contribution is 0.102. The number of anilines is 1. The van der Waals surface area contributed by atoms with Gasteiger partial charge < -0.3 is 5.32 Å². The Morgan fingerprint density at radius 3 is 2.45 bits per heavy atom. The van der Waals surface area contributed by atoms with Gasteiger partial charge in [-0.1, -0.05) is 41.9 Å². The Balaban J connectivity index is 1.75. The van der Waals surface area contributed by atoms with E-state index in [2.05, 4.69) is 20.3 Å². The Bertz CT molecular complexity index is 1170. The summed E-state index contributed by atoms with van der Waals surface area (Å²) < 4.78 is 13.4. The van der Waals surface area contributed by atoms with Crippen molar-refractivity contribution in [2.75, 3.05) is 5.32 Å². The molecule has 0 radical (unpaired) electrons. The average molecular weight is 405 g/mol. The number of nitrogens with zero attached hydrogens (tertiary/aromatic N) is 3. The van der Waals surface area contributed by atoms with E-state index in [4.69, 9.17) is 11.6 Å². The lowest BCUT2D eigenvalue weighted by Crippen LogP contribution is -2.15. The summed E-state index contributed by atoms with van der Waals surface area (Å²) in [5, 5.41) is 2.63. The van der Waals surface area contributed by atoms with E-state index in [9.17, 15) is 9.18 Å². The minimum atomic E-state index is -0.558. The second-order valence-corrected chi connectivity index (χ2v) is 6.55. The minimum Gasteiger partial charge on any atom is -0.322 e. The first-order chi connectivity index (χ1) is 14.1. The number of halogens is 2. The third-order valence-corrected chi connectivity index (χ3v) is 4.49. The number of hydrogen-bond donors (Lipinski definition) is 1. The number of pyridine rings is 1. The molecule has 0 saturated heterocycles. The van der Waals surface area contributed by atoms with Crippen LogP contribution in [0.1, 0.15) is 10.4 Å². The second-order valence-electron chi connectivity index (χ2n) is 6.14. The maximum atomic E-state index is 13.4. The largest absolute Gasteiger partial charge is 0.322 e. The number of rotatable bonds is 4. The fourth-order valence-corrected chi connectivity index (χ4v) is 2.96. The standard InChI is InChI=1S/C22H14ClFN4O/c23-18-12-16(6-7-19(18)24)27-22(29)17-13-26-21(15-4-2-1-3-5-15)28-20(17)14-8-10-25-11-9-14/h1-13H,(H,27,29). The van der Waals surface area contributed by atoms with Crippen LogP contribution in [0.15, 0.2) is 79.3 Å². The summed E-state index contributed by atoms with van der Waals surface area (Å²) in [7, 11) is 0. The van der Waals surface area contributed by atoms with E-state index in [-0.39, 0.29) is 10.6 Å². The molecular formula is C22H14ClFN4O. The summed E-state index contributed by atoms with van der Waals surface area (Å²) in [5.74, 6) is -0.490. The van der Waals surface area contributed by atoms with Crippen molar-refractivity contribution >= 4 is 23.2 Å². The monoisotopic (exact) mass is 404 g/mol. The summed E-state index contributed by atoms with van der Waals surface area (Å²) in [6.45, 7) is 0. The summed E-state index contributed by atoms with van der Waals surface area (Å²) in [6, 6.07) is 17.0. The van der Waals surface area contributed by atoms with Crippen LogP contribution in [0.4, 0.5) is 10.1 Å². The van der Waals surface area contributed by atoms with Gasteiger partial charge in [0.25, 0.3) is 5.91 Å². The molecule has 0 atom stereocenters. The van der Waals surface area contributed by atoms with Crippen molar-refractivity contribution in [1.29, 1.82) is 0 Å². The summed E-state index contributed by atoms with van der Waals surface area (Å²) in [6.07, 6.45) is 4.73. The maximum absolute atomic E-state index is 13.4. The van der Waals surface area contributed by atoms with E-state index in [1.165, 1.54) is 24.4 Å². The molecule has 0 aliphatic heterocycles. The fraction of sp³-hybridized carbons (Fsp3) is 0. The Morgan fingerprint density at radius 1 is 0.966 bits per heavy atom. The van der Waals surface area contributed by atoms with E-state index in [0.717, 1.165) is 11.1 Å². The van der Waals surface area contributed by atoms with Gasteiger partial charge >= 0.3 is 0 Å². The molecule has 4 aromatic rings. The van der Waals surface area contributed by atoms with E-state index >= 15 is 0 Å².